The third-order valence-electron chi connectivity index (χ3n) is 2.08. The maximum Gasteiger partial charge on any atom is 0.246 e. The number of hydrogen-bond donors (Lipinski definition) is 1. The number of aromatic nitrogens is 1. The Labute approximate surface area is 86.7 Å². The van der Waals surface area contributed by atoms with Crippen molar-refractivity contribution in [3.8, 4) is 0 Å². The molecule has 0 bridgehead atoms. The number of nitrogens with two attached hydrogens (primary N) is 1. The molecular weight excluding hydrogens is 192 g/mol. The maximum atomic E-state index is 11.8. The topological polar surface area (TPSA) is 69.1 Å². The molecule has 2 aromatic rings. The molecule has 0 spiro atoms. The van der Waals surface area contributed by atoms with Crippen molar-refractivity contribution in [1.29, 1.82) is 0 Å². The maximum absolute atomic E-state index is 11.8. The molecule has 0 aromatic carbocycles. The molecule has 0 aliphatic heterocycles. The van der Waals surface area contributed by atoms with Crippen molar-refractivity contribution in [2.75, 3.05) is 5.73 Å². The number of ketones is 1. The van der Waals surface area contributed by atoms with E-state index in [-0.39, 0.29) is 11.5 Å². The zero-order chi connectivity index (χ0) is 10.8. The highest BCUT2D eigenvalue weighted by Gasteiger charge is 2.15. The Kier molecular flexibility index (Phi) is 2.25. The summed E-state index contributed by atoms with van der Waals surface area (Å²) in [6.07, 6.45) is 1.56. The van der Waals surface area contributed by atoms with Crippen molar-refractivity contribution in [1.82, 2.24) is 4.98 Å². The second-order valence-electron chi connectivity index (χ2n) is 3.17. The Morgan fingerprint density at radius 3 is 2.80 bits per heavy atom. The zero-order valence-corrected chi connectivity index (χ0v) is 8.23. The van der Waals surface area contributed by atoms with Crippen LogP contribution in [-0.4, -0.2) is 10.8 Å². The van der Waals surface area contributed by atoms with E-state index in [1.807, 2.05) is 0 Å². The van der Waals surface area contributed by atoms with E-state index < -0.39 is 0 Å². The summed E-state index contributed by atoms with van der Waals surface area (Å²) < 4.78 is 5.22. The van der Waals surface area contributed by atoms with E-state index in [0.29, 0.717) is 17.1 Å². The van der Waals surface area contributed by atoms with Gasteiger partial charge in [0.2, 0.25) is 5.78 Å². The number of nitrogens with zero attached hydrogens (tertiary/aromatic N) is 1. The van der Waals surface area contributed by atoms with Gasteiger partial charge in [0.05, 0.1) is 5.69 Å². The molecular formula is C11H10N2O2. The standard InChI is InChI=1S/C11H10N2O2/c1-7-8(12)6-10(15-7)11(14)9-4-2-3-5-13-9/h2-6H,12H2,1H3. The minimum atomic E-state index is -0.254. The number of pyridine rings is 1. The molecule has 15 heavy (non-hydrogen) atoms. The first-order chi connectivity index (χ1) is 7.18. The highest BCUT2D eigenvalue weighted by molar-refractivity contribution is 6.06. The van der Waals surface area contributed by atoms with Crippen molar-refractivity contribution in [3.05, 3.63) is 47.7 Å². The monoisotopic (exact) mass is 202 g/mol. The molecule has 0 saturated heterocycles. The Bertz CT molecular complexity index is 469. The number of hydrogen-bond acceptors (Lipinski definition) is 4. The van der Waals surface area contributed by atoms with E-state index in [1.165, 1.54) is 6.07 Å². The first-order valence-corrected chi connectivity index (χ1v) is 4.50. The molecule has 4 nitrogen and oxygen atoms in total. The second-order valence-corrected chi connectivity index (χ2v) is 3.17. The number of carbonyl (C=O) groups is 1. The van der Waals surface area contributed by atoms with Crippen molar-refractivity contribution in [2.24, 2.45) is 0 Å². The third-order valence-corrected chi connectivity index (χ3v) is 2.08. The van der Waals surface area contributed by atoms with Gasteiger partial charge >= 0.3 is 0 Å². The van der Waals surface area contributed by atoms with E-state index >= 15 is 0 Å². The van der Waals surface area contributed by atoms with Crippen molar-refractivity contribution < 1.29 is 9.21 Å². The van der Waals surface area contributed by atoms with E-state index in [1.54, 1.807) is 31.3 Å². The minimum Gasteiger partial charge on any atom is -0.456 e. The summed E-state index contributed by atoms with van der Waals surface area (Å²) in [7, 11) is 0. The molecule has 0 radical (unpaired) electrons. The van der Waals surface area contributed by atoms with Gasteiger partial charge in [0.25, 0.3) is 0 Å². The van der Waals surface area contributed by atoms with E-state index in [4.69, 9.17) is 10.2 Å². The molecule has 76 valence electrons. The average molecular weight is 202 g/mol. The largest absolute Gasteiger partial charge is 0.456 e. The SMILES string of the molecule is Cc1oc(C(=O)c2ccccn2)cc1N. The fraction of sp³-hybridized carbons (Fsp3) is 0.0909. The fourth-order valence-electron chi connectivity index (χ4n) is 1.23. The van der Waals surface area contributed by atoms with Crippen molar-refractivity contribution >= 4 is 11.5 Å². The third kappa shape index (κ3) is 1.74. The predicted molar refractivity (Wildman–Crippen MR) is 55.5 cm³/mol. The summed E-state index contributed by atoms with van der Waals surface area (Å²) in [5.41, 5.74) is 6.42. The Morgan fingerprint density at radius 1 is 1.47 bits per heavy atom. The molecule has 0 atom stereocenters. The summed E-state index contributed by atoms with van der Waals surface area (Å²) in [6.45, 7) is 1.71. The lowest BCUT2D eigenvalue weighted by atomic mass is 10.2. The van der Waals surface area contributed by atoms with Gasteiger partial charge in [0, 0.05) is 12.3 Å². The molecule has 0 amide bonds. The number of nitrogen functional groups attached to an aromatic ring is 1. The van der Waals surface area contributed by atoms with Gasteiger partial charge in [-0.15, -0.1) is 0 Å². The number of furan rings is 1. The number of carbonyl (C=O) groups excluding carboxylic acids is 1. The summed E-state index contributed by atoms with van der Waals surface area (Å²) in [5.74, 6) is 0.522. The van der Waals surface area contributed by atoms with Gasteiger partial charge in [-0.3, -0.25) is 9.78 Å². The van der Waals surface area contributed by atoms with Crippen LogP contribution in [0.2, 0.25) is 0 Å². The van der Waals surface area contributed by atoms with Gasteiger partial charge in [-0.1, -0.05) is 6.07 Å². The summed E-state index contributed by atoms with van der Waals surface area (Å²) in [5, 5.41) is 0. The Balaban J connectivity index is 2.37. The van der Waals surface area contributed by atoms with Crippen molar-refractivity contribution in [2.45, 2.75) is 6.92 Å². The van der Waals surface area contributed by atoms with Crippen LogP contribution < -0.4 is 5.73 Å². The van der Waals surface area contributed by atoms with Crippen LogP contribution in [-0.2, 0) is 0 Å². The molecule has 2 rings (SSSR count). The van der Waals surface area contributed by atoms with Gasteiger partial charge in [0.15, 0.2) is 5.76 Å². The van der Waals surface area contributed by atoms with Crippen LogP contribution in [0.1, 0.15) is 22.0 Å². The van der Waals surface area contributed by atoms with Crippen LogP contribution in [0.25, 0.3) is 0 Å². The normalized spacial score (nSPS) is 10.2. The predicted octanol–water partition coefficient (Wildman–Crippen LogP) is 1.80. The van der Waals surface area contributed by atoms with Gasteiger partial charge in [0.1, 0.15) is 11.5 Å². The lowest BCUT2D eigenvalue weighted by molar-refractivity contribution is 0.100. The quantitative estimate of drug-likeness (QED) is 0.754. The summed E-state index contributed by atoms with van der Waals surface area (Å²) in [6, 6.07) is 6.65. The first-order valence-electron chi connectivity index (χ1n) is 4.50. The van der Waals surface area contributed by atoms with E-state index in [0.717, 1.165) is 0 Å². The molecule has 0 saturated carbocycles. The Hall–Kier alpha value is -2.10. The number of aryl methyl sites for hydroxylation is 1. The van der Waals surface area contributed by atoms with E-state index in [2.05, 4.69) is 4.98 Å². The number of rotatable bonds is 2. The van der Waals surface area contributed by atoms with Crippen LogP contribution in [0.15, 0.2) is 34.9 Å². The van der Waals surface area contributed by atoms with Gasteiger partial charge in [-0.2, -0.15) is 0 Å². The fourth-order valence-corrected chi connectivity index (χ4v) is 1.23. The van der Waals surface area contributed by atoms with Gasteiger partial charge in [-0.05, 0) is 19.1 Å². The van der Waals surface area contributed by atoms with Crippen LogP contribution >= 0.6 is 0 Å². The van der Waals surface area contributed by atoms with Crippen LogP contribution in [0, 0.1) is 6.92 Å². The molecule has 0 aliphatic rings. The van der Waals surface area contributed by atoms with Crippen molar-refractivity contribution in [3.63, 3.8) is 0 Å². The molecule has 2 heterocycles. The molecule has 0 fully saturated rings. The molecule has 0 aliphatic carbocycles. The van der Waals surface area contributed by atoms with Crippen LogP contribution in [0.5, 0.6) is 0 Å². The lowest BCUT2D eigenvalue weighted by Crippen LogP contribution is -2.01. The van der Waals surface area contributed by atoms with Crippen LogP contribution in [0.3, 0.4) is 0 Å². The minimum absolute atomic E-state index is 0.226. The summed E-state index contributed by atoms with van der Waals surface area (Å²) in [4.78, 5) is 15.7. The number of anilines is 1. The van der Waals surface area contributed by atoms with Crippen LogP contribution in [0.4, 0.5) is 5.69 Å². The zero-order valence-electron chi connectivity index (χ0n) is 8.23. The highest BCUT2D eigenvalue weighted by Crippen LogP contribution is 2.18. The molecule has 0 unspecified atom stereocenters. The second kappa shape index (κ2) is 3.57. The molecule has 2 aromatic heterocycles. The first kappa shape index (κ1) is 9.45. The summed E-state index contributed by atoms with van der Waals surface area (Å²) >= 11 is 0. The van der Waals surface area contributed by atoms with Gasteiger partial charge in [-0.25, -0.2) is 0 Å². The smallest absolute Gasteiger partial charge is 0.246 e. The van der Waals surface area contributed by atoms with Gasteiger partial charge < -0.3 is 10.2 Å². The average Bonchev–Trinajstić information content (AvgIpc) is 2.59. The van der Waals surface area contributed by atoms with E-state index in [9.17, 15) is 4.79 Å². The lowest BCUT2D eigenvalue weighted by Gasteiger charge is -1.94. The Morgan fingerprint density at radius 2 is 2.27 bits per heavy atom. The molecule has 2 N–H and O–H groups in total. The highest BCUT2D eigenvalue weighted by atomic mass is 16.3. The molecule has 4 heteroatoms.